The monoisotopic (exact) mass is 274 g/mol. The highest BCUT2D eigenvalue weighted by atomic mass is 32.2. The molecular weight excluding hydrogens is 264 g/mol. The van der Waals surface area contributed by atoms with Crippen molar-refractivity contribution in [1.82, 2.24) is 20.2 Å². The zero-order valence-electron chi connectivity index (χ0n) is 10.1. The van der Waals surface area contributed by atoms with Crippen molar-refractivity contribution in [2.75, 3.05) is 5.75 Å². The molecule has 0 aliphatic carbocycles. The molecule has 0 atom stereocenters. The van der Waals surface area contributed by atoms with Crippen LogP contribution in [0.15, 0.2) is 39.9 Å². The quantitative estimate of drug-likeness (QED) is 0.534. The van der Waals surface area contributed by atoms with E-state index in [-0.39, 0.29) is 11.5 Å². The number of hydrogen-bond acceptors (Lipinski definition) is 6. The molecule has 3 rings (SSSR count). The summed E-state index contributed by atoms with van der Waals surface area (Å²) < 4.78 is 7.03. The smallest absolute Gasteiger partial charge is 0.209 e. The molecule has 1 aromatic carbocycles. The first-order chi connectivity index (χ1) is 9.24. The normalized spacial score (nSPS) is 11.0. The molecule has 2 heterocycles. The molecule has 0 N–H and O–H groups in total. The van der Waals surface area contributed by atoms with Gasteiger partial charge in [0.05, 0.1) is 5.75 Å². The molecule has 0 radical (unpaired) electrons. The van der Waals surface area contributed by atoms with Gasteiger partial charge in [-0.1, -0.05) is 30.0 Å². The molecule has 96 valence electrons. The van der Waals surface area contributed by atoms with E-state index in [0.717, 1.165) is 11.0 Å². The van der Waals surface area contributed by atoms with E-state index in [1.807, 2.05) is 24.3 Å². The summed E-state index contributed by atoms with van der Waals surface area (Å²) in [5, 5.41) is 12.6. The number of carbonyl (C=O) groups excluding carboxylic acids is 1. The number of furan rings is 1. The van der Waals surface area contributed by atoms with Gasteiger partial charge in [-0.25, -0.2) is 4.68 Å². The number of aryl methyl sites for hydroxylation is 1. The van der Waals surface area contributed by atoms with Gasteiger partial charge < -0.3 is 4.42 Å². The van der Waals surface area contributed by atoms with Gasteiger partial charge in [-0.15, -0.1) is 5.10 Å². The van der Waals surface area contributed by atoms with Crippen molar-refractivity contribution in [3.63, 3.8) is 0 Å². The molecule has 0 aliphatic rings. The minimum Gasteiger partial charge on any atom is -0.453 e. The first-order valence-corrected chi connectivity index (χ1v) is 6.59. The van der Waals surface area contributed by atoms with Crippen LogP contribution >= 0.6 is 11.8 Å². The zero-order valence-corrected chi connectivity index (χ0v) is 10.9. The fraction of sp³-hybridized carbons (Fsp3) is 0.167. The Morgan fingerprint density at radius 2 is 2.26 bits per heavy atom. The minimum atomic E-state index is -0.0794. The van der Waals surface area contributed by atoms with Crippen LogP contribution in [0.5, 0.6) is 0 Å². The van der Waals surface area contributed by atoms with Crippen molar-refractivity contribution >= 4 is 28.5 Å². The lowest BCUT2D eigenvalue weighted by Crippen LogP contribution is -2.02. The summed E-state index contributed by atoms with van der Waals surface area (Å²) in [6.07, 6.45) is 0. The third-order valence-electron chi connectivity index (χ3n) is 2.61. The number of nitrogens with zero attached hydrogens (tertiary/aromatic N) is 4. The van der Waals surface area contributed by atoms with E-state index in [1.165, 1.54) is 16.4 Å². The van der Waals surface area contributed by atoms with Gasteiger partial charge in [-0.3, -0.25) is 4.79 Å². The Morgan fingerprint density at radius 3 is 3.00 bits per heavy atom. The number of benzene rings is 1. The van der Waals surface area contributed by atoms with E-state index in [4.69, 9.17) is 4.42 Å². The van der Waals surface area contributed by atoms with E-state index in [9.17, 15) is 4.79 Å². The standard InChI is InChI=1S/C12H10N4O2S/c1-16-12(13-14-15-16)19-7-9(17)11-6-8-4-2-3-5-10(8)18-11/h2-6H,7H2,1H3. The lowest BCUT2D eigenvalue weighted by atomic mass is 10.2. The second kappa shape index (κ2) is 4.85. The molecular formula is C12H10N4O2S. The summed E-state index contributed by atoms with van der Waals surface area (Å²) in [5.74, 6) is 0.529. The largest absolute Gasteiger partial charge is 0.453 e. The average Bonchev–Trinajstić information content (AvgIpc) is 3.01. The summed E-state index contributed by atoms with van der Waals surface area (Å²) in [4.78, 5) is 12.0. The van der Waals surface area contributed by atoms with Crippen molar-refractivity contribution < 1.29 is 9.21 Å². The second-order valence-corrected chi connectivity index (χ2v) is 4.89. The topological polar surface area (TPSA) is 73.8 Å². The van der Waals surface area contributed by atoms with Gasteiger partial charge in [0, 0.05) is 12.4 Å². The molecule has 0 spiro atoms. The molecule has 7 heteroatoms. The Bertz CT molecular complexity index is 701. The predicted octanol–water partition coefficient (Wildman–Crippen LogP) is 1.93. The van der Waals surface area contributed by atoms with Crippen molar-refractivity contribution in [1.29, 1.82) is 0 Å². The van der Waals surface area contributed by atoms with Crippen molar-refractivity contribution in [2.45, 2.75) is 5.16 Å². The number of carbonyl (C=O) groups is 1. The number of rotatable bonds is 4. The Kier molecular flexibility index (Phi) is 3.04. The molecule has 6 nitrogen and oxygen atoms in total. The summed E-state index contributed by atoms with van der Waals surface area (Å²) in [6.45, 7) is 0. The lowest BCUT2D eigenvalue weighted by Gasteiger charge is -1.96. The van der Waals surface area contributed by atoms with Gasteiger partial charge >= 0.3 is 0 Å². The lowest BCUT2D eigenvalue weighted by molar-refractivity contribution is 0.0994. The maximum absolute atomic E-state index is 12.0. The van der Waals surface area contributed by atoms with E-state index >= 15 is 0 Å². The summed E-state index contributed by atoms with van der Waals surface area (Å²) in [6, 6.07) is 9.29. The van der Waals surface area contributed by atoms with Gasteiger partial charge in [0.1, 0.15) is 5.58 Å². The Hall–Kier alpha value is -2.15. The minimum absolute atomic E-state index is 0.0794. The number of thioether (sulfide) groups is 1. The molecule has 0 saturated heterocycles. The highest BCUT2D eigenvalue weighted by Crippen LogP contribution is 2.21. The van der Waals surface area contributed by atoms with E-state index in [2.05, 4.69) is 15.5 Å². The van der Waals surface area contributed by atoms with Gasteiger partial charge in [0.25, 0.3) is 0 Å². The number of ketones is 1. The molecule has 0 saturated carbocycles. The summed E-state index contributed by atoms with van der Waals surface area (Å²) >= 11 is 1.28. The second-order valence-electron chi connectivity index (χ2n) is 3.95. The SMILES string of the molecule is Cn1nnnc1SCC(=O)c1cc2ccccc2o1. The Morgan fingerprint density at radius 1 is 1.42 bits per heavy atom. The van der Waals surface area contributed by atoms with Crippen LogP contribution in [-0.4, -0.2) is 31.7 Å². The molecule has 0 unspecified atom stereocenters. The van der Waals surface area contributed by atoms with Crippen molar-refractivity contribution in [3.05, 3.63) is 36.1 Å². The first kappa shape index (κ1) is 11.9. The molecule has 0 amide bonds. The zero-order chi connectivity index (χ0) is 13.2. The molecule has 0 fully saturated rings. The number of hydrogen-bond donors (Lipinski definition) is 0. The fourth-order valence-corrected chi connectivity index (χ4v) is 2.38. The van der Waals surface area contributed by atoms with Crippen LogP contribution in [0, 0.1) is 0 Å². The summed E-state index contributed by atoms with van der Waals surface area (Å²) in [5.41, 5.74) is 0.719. The average molecular weight is 274 g/mol. The molecule has 0 aliphatic heterocycles. The van der Waals surface area contributed by atoms with Crippen LogP contribution in [0.25, 0.3) is 11.0 Å². The molecule has 0 bridgehead atoms. The maximum atomic E-state index is 12.0. The highest BCUT2D eigenvalue weighted by molar-refractivity contribution is 7.99. The molecule has 2 aromatic heterocycles. The van der Waals surface area contributed by atoms with E-state index < -0.39 is 0 Å². The number of aromatic nitrogens is 4. The van der Waals surface area contributed by atoms with Crippen LogP contribution in [0.4, 0.5) is 0 Å². The van der Waals surface area contributed by atoms with Gasteiger partial charge in [0.15, 0.2) is 5.76 Å². The molecule has 3 aromatic rings. The van der Waals surface area contributed by atoms with Crippen molar-refractivity contribution in [3.8, 4) is 0 Å². The summed E-state index contributed by atoms with van der Waals surface area (Å²) in [7, 11) is 1.73. The fourth-order valence-electron chi connectivity index (χ4n) is 1.66. The number of Topliss-reactive ketones (excluding diaryl/α,β-unsaturated/α-hetero) is 1. The number of fused-ring (bicyclic) bond motifs is 1. The number of para-hydroxylation sites is 1. The van der Waals surface area contributed by atoms with Gasteiger partial charge in [0.2, 0.25) is 10.9 Å². The highest BCUT2D eigenvalue weighted by Gasteiger charge is 2.14. The van der Waals surface area contributed by atoms with Crippen LogP contribution in [-0.2, 0) is 7.05 Å². The van der Waals surface area contributed by atoms with E-state index in [0.29, 0.717) is 10.9 Å². The first-order valence-electron chi connectivity index (χ1n) is 5.61. The number of tetrazole rings is 1. The Balaban J connectivity index is 1.75. The van der Waals surface area contributed by atoms with Crippen LogP contribution < -0.4 is 0 Å². The van der Waals surface area contributed by atoms with Crippen LogP contribution in [0.3, 0.4) is 0 Å². The third kappa shape index (κ3) is 2.37. The Labute approximate surface area is 112 Å². The van der Waals surface area contributed by atoms with E-state index in [1.54, 1.807) is 13.1 Å². The maximum Gasteiger partial charge on any atom is 0.209 e. The van der Waals surface area contributed by atoms with Gasteiger partial charge in [-0.05, 0) is 22.6 Å². The third-order valence-corrected chi connectivity index (χ3v) is 3.62. The van der Waals surface area contributed by atoms with Crippen molar-refractivity contribution in [2.24, 2.45) is 7.05 Å². The van der Waals surface area contributed by atoms with Gasteiger partial charge in [-0.2, -0.15) is 0 Å². The van der Waals surface area contributed by atoms with Crippen LogP contribution in [0.2, 0.25) is 0 Å². The molecule has 19 heavy (non-hydrogen) atoms. The predicted molar refractivity (Wildman–Crippen MR) is 70.1 cm³/mol. The van der Waals surface area contributed by atoms with Crippen LogP contribution in [0.1, 0.15) is 10.6 Å².